The maximum absolute atomic E-state index is 3.78. The highest BCUT2D eigenvalue weighted by atomic mass is 14.8. The second-order valence-corrected chi connectivity index (χ2v) is 8.01. The quantitative estimate of drug-likeness (QED) is 0.741. The molecule has 1 aliphatic carbocycles. The van der Waals surface area contributed by atoms with E-state index in [2.05, 4.69) is 61.4 Å². The van der Waals surface area contributed by atoms with Gasteiger partial charge >= 0.3 is 0 Å². The Morgan fingerprint density at radius 1 is 0.958 bits per heavy atom. The van der Waals surface area contributed by atoms with Crippen molar-refractivity contribution >= 4 is 6.85 Å². The standard InChI is InChI=1S/C22H28BN/c1-16-13-19-7-10-22(20-8-9-20)21(15-19)14-18-5-3-17(4-6-18)11-12-23(2)24-16/h3-7,10,15-16,20,24H,8-9,11-14H2,1-2H3/t16-/m1/s1. The maximum atomic E-state index is 3.78. The van der Waals surface area contributed by atoms with E-state index in [1.54, 1.807) is 11.1 Å². The minimum atomic E-state index is 0.531. The normalized spacial score (nSPS) is 21.6. The Bertz CT molecular complexity index is 702. The van der Waals surface area contributed by atoms with Gasteiger partial charge in [-0.3, -0.25) is 0 Å². The van der Waals surface area contributed by atoms with Crippen LogP contribution in [0.25, 0.3) is 0 Å². The van der Waals surface area contributed by atoms with E-state index < -0.39 is 0 Å². The Morgan fingerprint density at radius 2 is 1.67 bits per heavy atom. The summed E-state index contributed by atoms with van der Waals surface area (Å²) in [7, 11) is 0. The molecule has 4 bridgehead atoms. The van der Waals surface area contributed by atoms with Crippen LogP contribution in [0.5, 0.6) is 0 Å². The number of hydrogen-bond donors (Lipinski definition) is 1. The molecular formula is C22H28BN. The van der Waals surface area contributed by atoms with Crippen LogP contribution in [0.1, 0.15) is 53.5 Å². The lowest BCUT2D eigenvalue weighted by Crippen LogP contribution is -2.39. The molecule has 0 unspecified atom stereocenters. The third kappa shape index (κ3) is 3.75. The summed E-state index contributed by atoms with van der Waals surface area (Å²) in [6.07, 6.45) is 7.33. The van der Waals surface area contributed by atoms with Crippen molar-refractivity contribution in [3.05, 3.63) is 70.3 Å². The fourth-order valence-electron chi connectivity index (χ4n) is 4.14. The van der Waals surface area contributed by atoms with Crippen LogP contribution in [0.3, 0.4) is 0 Å². The molecule has 2 heterocycles. The summed E-state index contributed by atoms with van der Waals surface area (Å²) in [5.74, 6) is 0.822. The van der Waals surface area contributed by atoms with Crippen LogP contribution in [0.4, 0.5) is 0 Å². The maximum Gasteiger partial charge on any atom is 0.217 e. The van der Waals surface area contributed by atoms with Crippen LogP contribution in [-0.2, 0) is 19.3 Å². The molecule has 1 saturated carbocycles. The topological polar surface area (TPSA) is 12.0 Å². The van der Waals surface area contributed by atoms with Gasteiger partial charge in [-0.2, -0.15) is 0 Å². The van der Waals surface area contributed by atoms with Gasteiger partial charge < -0.3 is 5.23 Å². The van der Waals surface area contributed by atoms with Crippen LogP contribution < -0.4 is 5.23 Å². The predicted octanol–water partition coefficient (Wildman–Crippen LogP) is 4.85. The summed E-state index contributed by atoms with van der Waals surface area (Å²) in [5.41, 5.74) is 7.56. The van der Waals surface area contributed by atoms with E-state index in [-0.39, 0.29) is 0 Å². The van der Waals surface area contributed by atoms with Crippen LogP contribution in [0.2, 0.25) is 13.1 Å². The van der Waals surface area contributed by atoms with Crippen molar-refractivity contribution in [2.45, 2.75) is 64.1 Å². The molecule has 3 aliphatic rings. The molecule has 0 amide bonds. The molecule has 1 nitrogen and oxygen atoms in total. The lowest BCUT2D eigenvalue weighted by atomic mass is 9.60. The van der Waals surface area contributed by atoms with Crippen molar-refractivity contribution in [1.82, 2.24) is 5.23 Å². The van der Waals surface area contributed by atoms with E-state index in [4.69, 9.17) is 0 Å². The van der Waals surface area contributed by atoms with Crippen LogP contribution >= 0.6 is 0 Å². The monoisotopic (exact) mass is 317 g/mol. The average Bonchev–Trinajstić information content (AvgIpc) is 3.38. The van der Waals surface area contributed by atoms with Crippen LogP contribution in [0, 0.1) is 0 Å². The van der Waals surface area contributed by atoms with Crippen molar-refractivity contribution in [3.63, 3.8) is 0 Å². The molecule has 124 valence electrons. The van der Waals surface area contributed by atoms with Crippen molar-refractivity contribution in [2.75, 3.05) is 0 Å². The third-order valence-corrected chi connectivity index (χ3v) is 5.62. The third-order valence-electron chi connectivity index (χ3n) is 5.62. The fraction of sp³-hybridized carbons (Fsp3) is 0.455. The van der Waals surface area contributed by atoms with Crippen LogP contribution in [0.15, 0.2) is 42.5 Å². The number of benzene rings is 2. The zero-order chi connectivity index (χ0) is 16.5. The van der Waals surface area contributed by atoms with Crippen molar-refractivity contribution < 1.29 is 0 Å². The SMILES string of the molecule is CB1CCc2ccc(cc2)Cc2cc(ccc2C2CC2)C[C@@H](C)N1. The molecule has 0 aromatic heterocycles. The summed E-state index contributed by atoms with van der Waals surface area (Å²) in [6, 6.07) is 17.1. The summed E-state index contributed by atoms with van der Waals surface area (Å²) < 4.78 is 0. The average molecular weight is 317 g/mol. The first-order valence-electron chi connectivity index (χ1n) is 9.63. The highest BCUT2D eigenvalue weighted by Gasteiger charge is 2.26. The zero-order valence-corrected chi connectivity index (χ0v) is 15.0. The number of fused-ring (bicyclic) bond motifs is 7. The Kier molecular flexibility index (Phi) is 4.50. The number of hydrogen-bond acceptors (Lipinski definition) is 1. The zero-order valence-electron chi connectivity index (χ0n) is 15.0. The summed E-state index contributed by atoms with van der Waals surface area (Å²) >= 11 is 0. The molecule has 5 rings (SSSR count). The van der Waals surface area contributed by atoms with Gasteiger partial charge in [-0.15, -0.1) is 0 Å². The minimum absolute atomic E-state index is 0.531. The predicted molar refractivity (Wildman–Crippen MR) is 104 cm³/mol. The van der Waals surface area contributed by atoms with Crippen molar-refractivity contribution in [3.8, 4) is 0 Å². The van der Waals surface area contributed by atoms with Gasteiger partial charge in [0.25, 0.3) is 0 Å². The van der Waals surface area contributed by atoms with Gasteiger partial charge in [-0.05, 0) is 71.9 Å². The number of rotatable bonds is 1. The van der Waals surface area contributed by atoms with Crippen molar-refractivity contribution in [1.29, 1.82) is 0 Å². The first-order valence-corrected chi connectivity index (χ1v) is 9.63. The first-order chi connectivity index (χ1) is 11.7. The Balaban J connectivity index is 1.70. The Hall–Kier alpha value is -1.54. The van der Waals surface area contributed by atoms with E-state index in [0.717, 1.165) is 18.8 Å². The van der Waals surface area contributed by atoms with E-state index in [1.807, 2.05) is 0 Å². The fourth-order valence-corrected chi connectivity index (χ4v) is 4.14. The Morgan fingerprint density at radius 3 is 2.42 bits per heavy atom. The van der Waals surface area contributed by atoms with Crippen molar-refractivity contribution in [2.24, 2.45) is 0 Å². The van der Waals surface area contributed by atoms with Crippen LogP contribution in [-0.4, -0.2) is 12.9 Å². The van der Waals surface area contributed by atoms with Gasteiger partial charge in [-0.25, -0.2) is 0 Å². The van der Waals surface area contributed by atoms with E-state index in [0.29, 0.717) is 12.9 Å². The van der Waals surface area contributed by atoms with E-state index in [9.17, 15) is 0 Å². The van der Waals surface area contributed by atoms with E-state index >= 15 is 0 Å². The lowest BCUT2D eigenvalue weighted by Gasteiger charge is -2.20. The molecule has 0 saturated heterocycles. The van der Waals surface area contributed by atoms with E-state index in [1.165, 1.54) is 42.3 Å². The smallest absolute Gasteiger partial charge is 0.217 e. The summed E-state index contributed by atoms with van der Waals surface area (Å²) in [5, 5.41) is 3.78. The van der Waals surface area contributed by atoms with Gasteiger partial charge in [0.1, 0.15) is 0 Å². The number of aryl methyl sites for hydroxylation is 1. The van der Waals surface area contributed by atoms with Gasteiger partial charge in [0.2, 0.25) is 6.85 Å². The molecule has 2 aromatic rings. The minimum Gasteiger partial charge on any atom is -0.353 e. The molecule has 24 heavy (non-hydrogen) atoms. The van der Waals surface area contributed by atoms with Gasteiger partial charge in [-0.1, -0.05) is 62.5 Å². The molecule has 1 N–H and O–H groups in total. The molecule has 0 radical (unpaired) electrons. The molecule has 1 atom stereocenters. The lowest BCUT2D eigenvalue weighted by molar-refractivity contribution is 0.665. The molecule has 2 aromatic carbocycles. The Labute approximate surface area is 147 Å². The van der Waals surface area contributed by atoms with Gasteiger partial charge in [0.05, 0.1) is 0 Å². The second-order valence-electron chi connectivity index (χ2n) is 8.01. The molecule has 2 aliphatic heterocycles. The van der Waals surface area contributed by atoms with Gasteiger partial charge in [0, 0.05) is 0 Å². The number of nitrogens with one attached hydrogen (secondary N) is 1. The molecular weight excluding hydrogens is 289 g/mol. The highest BCUT2D eigenvalue weighted by molar-refractivity contribution is 6.54. The summed E-state index contributed by atoms with van der Waals surface area (Å²) in [4.78, 5) is 0. The second kappa shape index (κ2) is 6.76. The van der Waals surface area contributed by atoms with Gasteiger partial charge in [0.15, 0.2) is 0 Å². The highest BCUT2D eigenvalue weighted by Crippen LogP contribution is 2.42. The largest absolute Gasteiger partial charge is 0.353 e. The first kappa shape index (κ1) is 16.0. The molecule has 2 heteroatoms. The molecule has 1 fully saturated rings. The summed E-state index contributed by atoms with van der Waals surface area (Å²) in [6.45, 7) is 5.20. The molecule has 0 spiro atoms.